The lowest BCUT2D eigenvalue weighted by atomic mass is 9.54. The maximum atomic E-state index is 14.1. The molecule has 5 rings (SSSR count). The van der Waals surface area contributed by atoms with Gasteiger partial charge >= 0.3 is 0 Å². The Balaban J connectivity index is 1.62. The summed E-state index contributed by atoms with van der Waals surface area (Å²) >= 11 is 0. The molecule has 0 aliphatic heterocycles. The van der Waals surface area contributed by atoms with Gasteiger partial charge in [-0.15, -0.1) is 0 Å². The molecule has 0 atom stereocenters. The summed E-state index contributed by atoms with van der Waals surface area (Å²) in [7, 11) is 0.897. The third kappa shape index (κ3) is 2.50. The van der Waals surface area contributed by atoms with Gasteiger partial charge in [0.1, 0.15) is 5.56 Å². The standard InChI is InChI=1S/C18H19F4NO2/c1-25-17-14(21)12(19)11(13(20)15(17)22)18(24)23-16-9-3-7-2-8(5-9)6-10(16)4-7/h7-10,16H,2-6H2,1H3,(H,23,24). The third-order valence-electron chi connectivity index (χ3n) is 6.18. The molecule has 1 aromatic rings. The molecule has 136 valence electrons. The van der Waals surface area contributed by atoms with Gasteiger partial charge in [-0.2, -0.15) is 8.78 Å². The van der Waals surface area contributed by atoms with E-state index in [0.29, 0.717) is 11.8 Å². The second-order valence-corrected chi connectivity index (χ2v) is 7.59. The zero-order valence-corrected chi connectivity index (χ0v) is 13.8. The van der Waals surface area contributed by atoms with Crippen LogP contribution in [-0.4, -0.2) is 19.1 Å². The third-order valence-corrected chi connectivity index (χ3v) is 6.18. The molecule has 4 fully saturated rings. The first-order valence-corrected chi connectivity index (χ1v) is 8.61. The Bertz CT molecular complexity index is 679. The second-order valence-electron chi connectivity index (χ2n) is 7.59. The molecule has 1 aromatic carbocycles. The minimum Gasteiger partial charge on any atom is -0.491 e. The van der Waals surface area contributed by atoms with Gasteiger partial charge in [0, 0.05) is 6.04 Å². The molecular formula is C18H19F4NO2. The average Bonchev–Trinajstić information content (AvgIpc) is 2.56. The van der Waals surface area contributed by atoms with Gasteiger partial charge in [0.05, 0.1) is 7.11 Å². The fourth-order valence-electron chi connectivity index (χ4n) is 5.37. The van der Waals surface area contributed by atoms with Crippen LogP contribution in [0, 0.1) is 46.9 Å². The molecule has 0 saturated heterocycles. The first kappa shape index (κ1) is 16.7. The molecule has 0 spiro atoms. The average molecular weight is 357 g/mol. The van der Waals surface area contributed by atoms with Crippen molar-refractivity contribution in [3.63, 3.8) is 0 Å². The van der Waals surface area contributed by atoms with Crippen LogP contribution in [0.5, 0.6) is 5.75 Å². The lowest BCUT2D eigenvalue weighted by Crippen LogP contribution is -2.56. The molecule has 7 heteroatoms. The van der Waals surface area contributed by atoms with Crippen LogP contribution in [0.15, 0.2) is 0 Å². The summed E-state index contributed by atoms with van der Waals surface area (Å²) in [6.07, 6.45) is 5.21. The van der Waals surface area contributed by atoms with E-state index >= 15 is 0 Å². The predicted octanol–water partition coefficient (Wildman–Crippen LogP) is 3.81. The van der Waals surface area contributed by atoms with Gasteiger partial charge in [0.25, 0.3) is 5.91 Å². The van der Waals surface area contributed by atoms with Gasteiger partial charge in [-0.3, -0.25) is 4.79 Å². The van der Waals surface area contributed by atoms with Crippen LogP contribution in [0.1, 0.15) is 42.5 Å². The summed E-state index contributed by atoms with van der Waals surface area (Å²) in [6, 6.07) is -0.188. The van der Waals surface area contributed by atoms with Crippen molar-refractivity contribution in [3.05, 3.63) is 28.8 Å². The Morgan fingerprint density at radius 1 is 0.880 bits per heavy atom. The van der Waals surface area contributed by atoms with Crippen LogP contribution in [0.4, 0.5) is 17.6 Å². The molecule has 3 nitrogen and oxygen atoms in total. The fourth-order valence-corrected chi connectivity index (χ4v) is 5.37. The van der Waals surface area contributed by atoms with Crippen LogP contribution in [-0.2, 0) is 0 Å². The van der Waals surface area contributed by atoms with Crippen molar-refractivity contribution in [3.8, 4) is 5.75 Å². The highest BCUT2D eigenvalue weighted by molar-refractivity contribution is 5.95. The zero-order chi connectivity index (χ0) is 17.9. The van der Waals surface area contributed by atoms with Crippen molar-refractivity contribution in [2.24, 2.45) is 23.7 Å². The molecule has 0 unspecified atom stereocenters. The van der Waals surface area contributed by atoms with E-state index in [1.807, 2.05) is 0 Å². The number of hydrogen-bond acceptors (Lipinski definition) is 2. The summed E-state index contributed by atoms with van der Waals surface area (Å²) in [4.78, 5) is 12.4. The largest absolute Gasteiger partial charge is 0.491 e. The van der Waals surface area contributed by atoms with Gasteiger partial charge in [-0.25, -0.2) is 8.78 Å². The maximum Gasteiger partial charge on any atom is 0.257 e. The Labute approximate surface area is 142 Å². The van der Waals surface area contributed by atoms with Gasteiger partial charge in [0.2, 0.25) is 11.6 Å². The van der Waals surface area contributed by atoms with Gasteiger partial charge in [-0.05, 0) is 55.8 Å². The monoisotopic (exact) mass is 357 g/mol. The normalized spacial score (nSPS) is 32.8. The number of rotatable bonds is 3. The number of halogens is 4. The zero-order valence-electron chi connectivity index (χ0n) is 13.8. The van der Waals surface area contributed by atoms with Gasteiger partial charge < -0.3 is 10.1 Å². The highest BCUT2D eigenvalue weighted by Crippen LogP contribution is 2.53. The smallest absolute Gasteiger partial charge is 0.257 e. The van der Waals surface area contributed by atoms with E-state index in [0.717, 1.165) is 32.8 Å². The van der Waals surface area contributed by atoms with Crippen molar-refractivity contribution in [2.45, 2.75) is 38.1 Å². The van der Waals surface area contributed by atoms with Crippen LogP contribution >= 0.6 is 0 Å². The molecule has 1 N–H and O–H groups in total. The number of ether oxygens (including phenoxy) is 1. The molecule has 25 heavy (non-hydrogen) atoms. The Hall–Kier alpha value is -1.79. The summed E-state index contributed by atoms with van der Waals surface area (Å²) in [5, 5.41) is 2.66. The number of methoxy groups -OCH3 is 1. The topological polar surface area (TPSA) is 38.3 Å². The van der Waals surface area contributed by atoms with E-state index in [1.165, 1.54) is 6.42 Å². The predicted molar refractivity (Wildman–Crippen MR) is 81.1 cm³/mol. The van der Waals surface area contributed by atoms with Gasteiger partial charge in [-0.1, -0.05) is 0 Å². The quantitative estimate of drug-likeness (QED) is 0.660. The maximum absolute atomic E-state index is 14.1. The van der Waals surface area contributed by atoms with E-state index in [9.17, 15) is 22.4 Å². The second kappa shape index (κ2) is 5.88. The molecule has 4 saturated carbocycles. The Morgan fingerprint density at radius 3 is 1.80 bits per heavy atom. The number of hydrogen-bond donors (Lipinski definition) is 1. The number of carbonyl (C=O) groups is 1. The van der Waals surface area contributed by atoms with Crippen LogP contribution in [0.2, 0.25) is 0 Å². The molecule has 0 heterocycles. The lowest BCUT2D eigenvalue weighted by Gasteiger charge is -2.54. The highest BCUT2D eigenvalue weighted by Gasteiger charge is 2.49. The van der Waals surface area contributed by atoms with Crippen molar-refractivity contribution >= 4 is 5.91 Å². The molecule has 1 amide bonds. The van der Waals surface area contributed by atoms with Gasteiger partial charge in [0.15, 0.2) is 17.4 Å². The lowest BCUT2D eigenvalue weighted by molar-refractivity contribution is -0.0120. The van der Waals surface area contributed by atoms with Crippen molar-refractivity contribution < 1.29 is 27.1 Å². The number of nitrogens with one attached hydrogen (secondary N) is 1. The van der Waals surface area contributed by atoms with Crippen LogP contribution in [0.25, 0.3) is 0 Å². The number of benzene rings is 1. The first-order chi connectivity index (χ1) is 11.9. The summed E-state index contributed by atoms with van der Waals surface area (Å²) in [5.74, 6) is -7.23. The van der Waals surface area contributed by atoms with E-state index in [-0.39, 0.29) is 17.9 Å². The van der Waals surface area contributed by atoms with Crippen LogP contribution in [0.3, 0.4) is 0 Å². The molecule has 0 aromatic heterocycles. The van der Waals surface area contributed by atoms with E-state index in [2.05, 4.69) is 10.1 Å². The molecule has 4 bridgehead atoms. The summed E-state index contributed by atoms with van der Waals surface area (Å²) in [6.45, 7) is 0. The molecular weight excluding hydrogens is 338 g/mol. The van der Waals surface area contributed by atoms with Crippen molar-refractivity contribution in [2.75, 3.05) is 7.11 Å². The van der Waals surface area contributed by atoms with E-state index in [4.69, 9.17) is 0 Å². The van der Waals surface area contributed by atoms with Crippen molar-refractivity contribution in [1.29, 1.82) is 0 Å². The van der Waals surface area contributed by atoms with E-state index < -0.39 is 40.5 Å². The Kier molecular flexibility index (Phi) is 3.92. The molecule has 4 aliphatic rings. The van der Waals surface area contributed by atoms with Crippen molar-refractivity contribution in [1.82, 2.24) is 5.32 Å². The number of amides is 1. The minimum atomic E-state index is -1.72. The summed E-state index contributed by atoms with van der Waals surface area (Å²) in [5.41, 5.74) is -1.22. The molecule has 4 aliphatic carbocycles. The fraction of sp³-hybridized carbons (Fsp3) is 0.611. The first-order valence-electron chi connectivity index (χ1n) is 8.61. The Morgan fingerprint density at radius 2 is 1.36 bits per heavy atom. The molecule has 0 radical (unpaired) electrons. The van der Waals surface area contributed by atoms with E-state index in [1.54, 1.807) is 0 Å². The van der Waals surface area contributed by atoms with Crippen LogP contribution < -0.4 is 10.1 Å². The number of carbonyl (C=O) groups excluding carboxylic acids is 1. The highest BCUT2D eigenvalue weighted by atomic mass is 19.2. The summed E-state index contributed by atoms with van der Waals surface area (Å²) < 4.78 is 60.3. The minimum absolute atomic E-state index is 0.188. The SMILES string of the molecule is COc1c(F)c(F)c(C(=O)NC2C3CC4CC(C3)CC2C4)c(F)c1F.